The number of benzene rings is 2. The summed E-state index contributed by atoms with van der Waals surface area (Å²) in [5.74, 6) is 0.00979. The predicted octanol–water partition coefficient (Wildman–Crippen LogP) is 7.06. The van der Waals surface area contributed by atoms with Gasteiger partial charge in [-0.2, -0.15) is 31.1 Å². The van der Waals surface area contributed by atoms with E-state index in [2.05, 4.69) is 0 Å². The lowest BCUT2D eigenvalue weighted by Gasteiger charge is -2.29. The van der Waals surface area contributed by atoms with Gasteiger partial charge in [0.15, 0.2) is 0 Å². The van der Waals surface area contributed by atoms with Crippen LogP contribution in [0.15, 0.2) is 48.7 Å². The first-order chi connectivity index (χ1) is 16.7. The van der Waals surface area contributed by atoms with E-state index in [9.17, 15) is 34.8 Å². The molecule has 196 valence electrons. The van der Waals surface area contributed by atoms with Gasteiger partial charge in [-0.1, -0.05) is 50.6 Å². The van der Waals surface area contributed by atoms with E-state index in [1.807, 2.05) is 18.6 Å². The van der Waals surface area contributed by atoms with Crippen LogP contribution in [-0.2, 0) is 22.7 Å². The first-order valence-corrected chi connectivity index (χ1v) is 13.1. The van der Waals surface area contributed by atoms with Gasteiger partial charge in [0.2, 0.25) is 10.0 Å². The van der Waals surface area contributed by atoms with Crippen LogP contribution in [0.3, 0.4) is 0 Å². The summed E-state index contributed by atoms with van der Waals surface area (Å²) < 4.78 is 112. The van der Waals surface area contributed by atoms with Crippen molar-refractivity contribution in [2.45, 2.75) is 63.3 Å². The van der Waals surface area contributed by atoms with E-state index in [1.54, 1.807) is 4.57 Å². The van der Waals surface area contributed by atoms with Crippen molar-refractivity contribution in [3.05, 3.63) is 59.8 Å². The smallest absolute Gasteiger partial charge is 0.347 e. The number of alkyl halides is 6. The average Bonchev–Trinajstić information content (AvgIpc) is 3.05. The first kappa shape index (κ1) is 26.5. The molecule has 11 heteroatoms. The topological polar surface area (TPSA) is 51.1 Å². The number of halogens is 6. The Morgan fingerprint density at radius 3 is 2.25 bits per heavy atom. The number of hydrogen-bond acceptors (Lipinski definition) is 2. The highest BCUT2D eigenvalue weighted by Gasteiger charge is 2.46. The molecule has 1 heterocycles. The molecule has 1 unspecified atom stereocenters. The van der Waals surface area contributed by atoms with Gasteiger partial charge < -0.3 is 4.57 Å². The molecule has 0 amide bonds. The van der Waals surface area contributed by atoms with Crippen LogP contribution in [0.25, 0.3) is 22.0 Å². The van der Waals surface area contributed by atoms with Gasteiger partial charge >= 0.3 is 12.4 Å². The van der Waals surface area contributed by atoms with E-state index < -0.39 is 39.2 Å². The Hall–Kier alpha value is -2.53. The minimum atomic E-state index is -4.92. The number of sulfonamides is 1. The molecule has 36 heavy (non-hydrogen) atoms. The van der Waals surface area contributed by atoms with E-state index >= 15 is 0 Å². The Balaban J connectivity index is 1.88. The zero-order valence-corrected chi connectivity index (χ0v) is 20.4. The maximum Gasteiger partial charge on any atom is 0.417 e. The van der Waals surface area contributed by atoms with Crippen LogP contribution in [0.1, 0.15) is 50.3 Å². The fourth-order valence-electron chi connectivity index (χ4n) is 4.49. The molecule has 0 aliphatic heterocycles. The van der Waals surface area contributed by atoms with Crippen molar-refractivity contribution in [3.8, 4) is 11.1 Å². The van der Waals surface area contributed by atoms with Crippen LogP contribution in [0.5, 0.6) is 0 Å². The molecule has 4 rings (SSSR count). The number of rotatable bonds is 7. The summed E-state index contributed by atoms with van der Waals surface area (Å²) >= 11 is 0. The molecule has 1 aromatic heterocycles. The Bertz CT molecular complexity index is 1360. The highest BCUT2D eigenvalue weighted by molar-refractivity contribution is 7.90. The van der Waals surface area contributed by atoms with Gasteiger partial charge in [-0.05, 0) is 42.0 Å². The normalized spacial score (nSPS) is 16.5. The van der Waals surface area contributed by atoms with Crippen molar-refractivity contribution in [1.82, 2.24) is 9.29 Å². The molecule has 0 bridgehead atoms. The van der Waals surface area contributed by atoms with Gasteiger partial charge in [-0.25, -0.2) is 8.42 Å². The molecule has 1 aliphatic rings. The third-order valence-corrected chi connectivity index (χ3v) is 8.34. The van der Waals surface area contributed by atoms with Crippen LogP contribution < -0.4 is 4.72 Å². The quantitative estimate of drug-likeness (QED) is 0.331. The monoisotopic (exact) mass is 532 g/mol. The molecule has 1 fully saturated rings. The van der Waals surface area contributed by atoms with Crippen molar-refractivity contribution in [2.24, 2.45) is 5.92 Å². The van der Waals surface area contributed by atoms with Crippen molar-refractivity contribution in [2.75, 3.05) is 0 Å². The Kier molecular flexibility index (Phi) is 6.93. The third-order valence-electron chi connectivity index (χ3n) is 6.43. The van der Waals surface area contributed by atoms with Crippen LogP contribution in [0.2, 0.25) is 0 Å². The van der Waals surface area contributed by atoms with E-state index in [0.717, 1.165) is 6.07 Å². The fourth-order valence-corrected chi connectivity index (χ4v) is 6.23. The van der Waals surface area contributed by atoms with Gasteiger partial charge in [0.05, 0.1) is 10.8 Å². The lowest BCUT2D eigenvalue weighted by atomic mass is 9.97. The Morgan fingerprint density at radius 2 is 1.69 bits per heavy atom. The number of fused-ring (bicyclic) bond motifs is 1. The lowest BCUT2D eigenvalue weighted by molar-refractivity contribution is -0.152. The zero-order valence-electron chi connectivity index (χ0n) is 19.6. The number of hydrogen-bond donors (Lipinski definition) is 1. The standard InChI is InChI=1S/C25H26F6N2O2S/c1-15(2)13-33-14-20(23(25(29,30)31)32-36(34,35)17-6-5-7-17)19-11-10-16(12-22(19)33)18-8-3-4-9-21(18)24(26,27)28/h3-4,8-12,14-15,17,23,32H,5-7,13H2,1-2H3. The van der Waals surface area contributed by atoms with Crippen LogP contribution in [0.4, 0.5) is 26.3 Å². The number of aromatic nitrogens is 1. The second-order valence-corrected chi connectivity index (χ2v) is 11.6. The Morgan fingerprint density at radius 1 is 1.03 bits per heavy atom. The number of nitrogens with one attached hydrogen (secondary N) is 1. The van der Waals surface area contributed by atoms with E-state index in [1.165, 1.54) is 42.6 Å². The molecule has 2 aromatic carbocycles. The molecule has 1 atom stereocenters. The van der Waals surface area contributed by atoms with Crippen molar-refractivity contribution in [3.63, 3.8) is 0 Å². The highest BCUT2D eigenvalue weighted by atomic mass is 32.2. The van der Waals surface area contributed by atoms with Crippen molar-refractivity contribution >= 4 is 20.9 Å². The Labute approximate surface area is 205 Å². The van der Waals surface area contributed by atoms with Gasteiger partial charge in [-0.3, -0.25) is 0 Å². The molecule has 1 aliphatic carbocycles. The molecular formula is C25H26F6N2O2S. The van der Waals surface area contributed by atoms with E-state index in [0.29, 0.717) is 31.3 Å². The molecule has 0 radical (unpaired) electrons. The summed E-state index contributed by atoms with van der Waals surface area (Å²) in [6, 6.07) is 6.62. The number of nitrogens with zero attached hydrogens (tertiary/aromatic N) is 1. The maximum absolute atomic E-state index is 14.2. The fraction of sp³-hybridized carbons (Fsp3) is 0.440. The van der Waals surface area contributed by atoms with Gasteiger partial charge in [0.25, 0.3) is 0 Å². The van der Waals surface area contributed by atoms with Gasteiger partial charge in [-0.15, -0.1) is 0 Å². The van der Waals surface area contributed by atoms with Gasteiger partial charge in [0, 0.05) is 29.2 Å². The summed E-state index contributed by atoms with van der Waals surface area (Å²) in [6.45, 7) is 4.00. The maximum atomic E-state index is 14.2. The molecule has 4 nitrogen and oxygen atoms in total. The minimum Gasteiger partial charge on any atom is -0.347 e. The molecule has 1 saturated carbocycles. The molecule has 0 spiro atoms. The minimum absolute atomic E-state index is 0.00979. The second-order valence-electron chi connectivity index (χ2n) is 9.60. The van der Waals surface area contributed by atoms with Gasteiger partial charge in [0.1, 0.15) is 6.04 Å². The van der Waals surface area contributed by atoms with Crippen molar-refractivity contribution in [1.29, 1.82) is 0 Å². The zero-order chi connectivity index (χ0) is 26.5. The largest absolute Gasteiger partial charge is 0.417 e. The lowest BCUT2D eigenvalue weighted by Crippen LogP contribution is -2.44. The van der Waals surface area contributed by atoms with E-state index in [4.69, 9.17) is 0 Å². The molecule has 1 N–H and O–H groups in total. The van der Waals surface area contributed by atoms with Crippen LogP contribution in [0, 0.1) is 5.92 Å². The van der Waals surface area contributed by atoms with Crippen molar-refractivity contribution < 1.29 is 34.8 Å². The van der Waals surface area contributed by atoms with E-state index in [-0.39, 0.29) is 28.0 Å². The first-order valence-electron chi connectivity index (χ1n) is 11.6. The molecule has 3 aromatic rings. The average molecular weight is 533 g/mol. The summed E-state index contributed by atoms with van der Waals surface area (Å²) in [6.07, 6.45) is -7.04. The second kappa shape index (κ2) is 9.41. The SMILES string of the molecule is CC(C)Cn1cc(C(NS(=O)(=O)C2CCC2)C(F)(F)F)c2ccc(-c3ccccc3C(F)(F)F)cc21. The molecular weight excluding hydrogens is 506 g/mol. The van der Waals surface area contributed by atoms with Crippen LogP contribution >= 0.6 is 0 Å². The third kappa shape index (κ3) is 5.27. The molecule has 0 saturated heterocycles. The summed E-state index contributed by atoms with van der Waals surface area (Å²) in [5.41, 5.74) is -0.734. The summed E-state index contributed by atoms with van der Waals surface area (Å²) in [5, 5.41) is -0.737. The highest BCUT2D eigenvalue weighted by Crippen LogP contribution is 2.42. The van der Waals surface area contributed by atoms with Crippen LogP contribution in [-0.4, -0.2) is 24.4 Å². The summed E-state index contributed by atoms with van der Waals surface area (Å²) in [4.78, 5) is 0. The summed E-state index contributed by atoms with van der Waals surface area (Å²) in [7, 11) is -4.21. The predicted molar refractivity (Wildman–Crippen MR) is 126 cm³/mol.